The van der Waals surface area contributed by atoms with Gasteiger partial charge in [-0.25, -0.2) is 18.7 Å². The molecule has 0 aliphatic carbocycles. The lowest BCUT2D eigenvalue weighted by molar-refractivity contribution is 0.585. The molecule has 5 heteroatoms. The highest BCUT2D eigenvalue weighted by atomic mass is 35.5. The van der Waals surface area contributed by atoms with Crippen LogP contribution in [0.3, 0.4) is 0 Å². The molecule has 1 aromatic carbocycles. The number of benzene rings is 1. The summed E-state index contributed by atoms with van der Waals surface area (Å²) in [5.41, 5.74) is 0.568. The summed E-state index contributed by atoms with van der Waals surface area (Å²) in [4.78, 5) is 8.30. The van der Waals surface area contributed by atoms with E-state index < -0.39 is 11.6 Å². The Labute approximate surface area is 109 Å². The number of rotatable bonds is 2. The minimum absolute atomic E-state index is 0.0750. The Morgan fingerprint density at radius 1 is 1.11 bits per heavy atom. The van der Waals surface area contributed by atoms with E-state index in [1.165, 1.54) is 18.2 Å². The minimum Gasteiger partial charge on any atom is -0.232 e. The Balaban J connectivity index is 2.56. The lowest BCUT2D eigenvalue weighted by atomic mass is 10.1. The quantitative estimate of drug-likeness (QED) is 0.763. The van der Waals surface area contributed by atoms with Gasteiger partial charge in [0.15, 0.2) is 0 Å². The molecule has 2 aromatic rings. The summed E-state index contributed by atoms with van der Waals surface area (Å²) in [6.07, 6.45) is 0. The zero-order valence-electron chi connectivity index (χ0n) is 9.92. The Bertz CT molecular complexity index is 585. The fourth-order valence-corrected chi connectivity index (χ4v) is 1.72. The molecule has 0 saturated heterocycles. The molecular weight excluding hydrogens is 258 g/mol. The van der Waals surface area contributed by atoms with Crippen molar-refractivity contribution in [1.82, 2.24) is 9.97 Å². The lowest BCUT2D eigenvalue weighted by Crippen LogP contribution is -2.00. The molecule has 0 unspecified atom stereocenters. The monoisotopic (exact) mass is 268 g/mol. The second-order valence-corrected chi connectivity index (χ2v) is 4.60. The molecule has 18 heavy (non-hydrogen) atoms. The van der Waals surface area contributed by atoms with Crippen LogP contribution in [0.15, 0.2) is 24.3 Å². The number of nitrogens with zero attached hydrogens (tertiary/aromatic N) is 2. The standard InChI is InChI=1S/C13H11ClF2N2/c1-7(2)13-17-11(6-12(14)18-13)9-4-3-8(15)5-10(9)16/h3-7H,1-2H3. The molecule has 0 atom stereocenters. The van der Waals surface area contributed by atoms with Crippen LogP contribution in [0.25, 0.3) is 11.3 Å². The van der Waals surface area contributed by atoms with Crippen LogP contribution in [0, 0.1) is 11.6 Å². The smallest absolute Gasteiger partial charge is 0.135 e. The molecule has 2 rings (SSSR count). The molecule has 0 spiro atoms. The van der Waals surface area contributed by atoms with E-state index in [1.54, 1.807) is 0 Å². The van der Waals surface area contributed by atoms with Crippen LogP contribution < -0.4 is 0 Å². The second-order valence-electron chi connectivity index (χ2n) is 4.21. The Morgan fingerprint density at radius 2 is 1.83 bits per heavy atom. The summed E-state index contributed by atoms with van der Waals surface area (Å²) < 4.78 is 26.5. The molecule has 94 valence electrons. The summed E-state index contributed by atoms with van der Waals surface area (Å²) in [6.45, 7) is 3.83. The minimum atomic E-state index is -0.667. The SMILES string of the molecule is CC(C)c1nc(Cl)cc(-c2ccc(F)cc2F)n1. The summed E-state index contributed by atoms with van der Waals surface area (Å²) in [7, 11) is 0. The maximum Gasteiger partial charge on any atom is 0.135 e. The van der Waals surface area contributed by atoms with Gasteiger partial charge >= 0.3 is 0 Å². The molecule has 0 saturated carbocycles. The van der Waals surface area contributed by atoms with Crippen LogP contribution in [-0.2, 0) is 0 Å². The van der Waals surface area contributed by atoms with Gasteiger partial charge in [0.1, 0.15) is 22.6 Å². The molecule has 0 bridgehead atoms. The van der Waals surface area contributed by atoms with Crippen molar-refractivity contribution in [3.8, 4) is 11.3 Å². The van der Waals surface area contributed by atoms with Crippen molar-refractivity contribution in [3.05, 3.63) is 46.9 Å². The number of hydrogen-bond donors (Lipinski definition) is 0. The van der Waals surface area contributed by atoms with Crippen molar-refractivity contribution in [1.29, 1.82) is 0 Å². The molecular formula is C13H11ClF2N2. The third-order valence-electron chi connectivity index (χ3n) is 2.44. The largest absolute Gasteiger partial charge is 0.232 e. The molecule has 0 radical (unpaired) electrons. The normalized spacial score (nSPS) is 11.0. The first-order valence-corrected chi connectivity index (χ1v) is 5.85. The van der Waals surface area contributed by atoms with Gasteiger partial charge in [-0.2, -0.15) is 0 Å². The summed E-state index contributed by atoms with van der Waals surface area (Å²) >= 11 is 5.88. The fourth-order valence-electron chi connectivity index (χ4n) is 1.53. The first-order chi connectivity index (χ1) is 8.47. The highest BCUT2D eigenvalue weighted by Gasteiger charge is 2.12. The van der Waals surface area contributed by atoms with E-state index in [-0.39, 0.29) is 16.6 Å². The summed E-state index contributed by atoms with van der Waals surface area (Å²) in [5, 5.41) is 0.243. The average molecular weight is 269 g/mol. The summed E-state index contributed by atoms with van der Waals surface area (Å²) in [6, 6.07) is 4.81. The molecule has 1 aromatic heterocycles. The third-order valence-corrected chi connectivity index (χ3v) is 2.63. The first-order valence-electron chi connectivity index (χ1n) is 5.47. The topological polar surface area (TPSA) is 25.8 Å². The van der Waals surface area contributed by atoms with Crippen LogP contribution in [-0.4, -0.2) is 9.97 Å². The van der Waals surface area contributed by atoms with Crippen LogP contribution in [0.1, 0.15) is 25.6 Å². The Morgan fingerprint density at radius 3 is 2.44 bits per heavy atom. The van der Waals surface area contributed by atoms with Gasteiger partial charge in [0.25, 0.3) is 0 Å². The van der Waals surface area contributed by atoms with Crippen molar-refractivity contribution in [2.24, 2.45) is 0 Å². The summed E-state index contributed by atoms with van der Waals surface area (Å²) in [5.74, 6) is -0.688. The fraction of sp³-hybridized carbons (Fsp3) is 0.231. The van der Waals surface area contributed by atoms with Crippen LogP contribution in [0.4, 0.5) is 8.78 Å². The van der Waals surface area contributed by atoms with Gasteiger partial charge in [-0.3, -0.25) is 0 Å². The van der Waals surface area contributed by atoms with Crippen LogP contribution in [0.2, 0.25) is 5.15 Å². The zero-order chi connectivity index (χ0) is 13.3. The van der Waals surface area contributed by atoms with Gasteiger partial charge in [-0.15, -0.1) is 0 Å². The molecule has 0 amide bonds. The average Bonchev–Trinajstić information content (AvgIpc) is 2.27. The van der Waals surface area contributed by atoms with E-state index >= 15 is 0 Å². The Kier molecular flexibility index (Phi) is 3.57. The Hall–Kier alpha value is -1.55. The van der Waals surface area contributed by atoms with E-state index in [0.29, 0.717) is 11.5 Å². The highest BCUT2D eigenvalue weighted by molar-refractivity contribution is 6.29. The number of aromatic nitrogens is 2. The van der Waals surface area contributed by atoms with Gasteiger partial charge < -0.3 is 0 Å². The van der Waals surface area contributed by atoms with E-state index in [1.807, 2.05) is 13.8 Å². The van der Waals surface area contributed by atoms with E-state index in [2.05, 4.69) is 9.97 Å². The predicted octanol–water partition coefficient (Wildman–Crippen LogP) is 4.20. The van der Waals surface area contributed by atoms with Crippen LogP contribution >= 0.6 is 11.6 Å². The number of halogens is 3. The molecule has 2 nitrogen and oxygen atoms in total. The van der Waals surface area contributed by atoms with Gasteiger partial charge in [-0.1, -0.05) is 25.4 Å². The van der Waals surface area contributed by atoms with Crippen molar-refractivity contribution in [3.63, 3.8) is 0 Å². The first kappa shape index (κ1) is 12.9. The van der Waals surface area contributed by atoms with Crippen molar-refractivity contribution in [2.45, 2.75) is 19.8 Å². The van der Waals surface area contributed by atoms with Crippen LogP contribution in [0.5, 0.6) is 0 Å². The molecule has 0 fully saturated rings. The zero-order valence-corrected chi connectivity index (χ0v) is 10.7. The van der Waals surface area contributed by atoms with Gasteiger partial charge in [0.2, 0.25) is 0 Å². The molecule has 0 aliphatic heterocycles. The molecule has 0 aliphatic rings. The highest BCUT2D eigenvalue weighted by Crippen LogP contribution is 2.25. The third kappa shape index (κ3) is 2.64. The van der Waals surface area contributed by atoms with Gasteiger partial charge in [0, 0.05) is 23.6 Å². The van der Waals surface area contributed by atoms with Crippen molar-refractivity contribution in [2.75, 3.05) is 0 Å². The maximum absolute atomic E-state index is 13.7. The number of hydrogen-bond acceptors (Lipinski definition) is 2. The van der Waals surface area contributed by atoms with E-state index in [0.717, 1.165) is 6.07 Å². The second kappa shape index (κ2) is 4.98. The van der Waals surface area contributed by atoms with Crippen molar-refractivity contribution >= 4 is 11.6 Å². The van der Waals surface area contributed by atoms with E-state index in [4.69, 9.17) is 11.6 Å². The molecule has 0 N–H and O–H groups in total. The maximum atomic E-state index is 13.7. The van der Waals surface area contributed by atoms with E-state index in [9.17, 15) is 8.78 Å². The van der Waals surface area contributed by atoms with Gasteiger partial charge in [0.05, 0.1) is 5.69 Å². The predicted molar refractivity (Wildman–Crippen MR) is 66.5 cm³/mol. The van der Waals surface area contributed by atoms with Gasteiger partial charge in [-0.05, 0) is 12.1 Å². The van der Waals surface area contributed by atoms with Crippen molar-refractivity contribution < 1.29 is 8.78 Å². The molecule has 1 heterocycles. The lowest BCUT2D eigenvalue weighted by Gasteiger charge is -2.08.